The number of hydrogen-bond donors (Lipinski definition) is 0. The number of anilines is 1. The second kappa shape index (κ2) is 4.51. The minimum atomic E-state index is 0.700. The Labute approximate surface area is 91.1 Å². The number of ether oxygens (including phenoxy) is 1. The first kappa shape index (κ1) is 10.3. The Balaban J connectivity index is 2.08. The zero-order valence-corrected chi connectivity index (χ0v) is 9.44. The maximum Gasteiger partial charge on any atom is 0.214 e. The number of methoxy groups -OCH3 is 1. The van der Waals surface area contributed by atoms with Gasteiger partial charge in [-0.1, -0.05) is 13.0 Å². The molecular formula is C12H18N2O. The molecule has 15 heavy (non-hydrogen) atoms. The van der Waals surface area contributed by atoms with Crippen LogP contribution in [0.1, 0.15) is 19.8 Å². The van der Waals surface area contributed by atoms with Gasteiger partial charge in [-0.25, -0.2) is 0 Å². The van der Waals surface area contributed by atoms with E-state index in [9.17, 15) is 0 Å². The van der Waals surface area contributed by atoms with E-state index in [4.69, 9.17) is 4.74 Å². The summed E-state index contributed by atoms with van der Waals surface area (Å²) in [5.74, 6) is 2.60. The molecule has 0 aliphatic carbocycles. The van der Waals surface area contributed by atoms with Gasteiger partial charge < -0.3 is 9.64 Å². The molecule has 0 amide bonds. The van der Waals surface area contributed by atoms with Crippen LogP contribution in [-0.4, -0.2) is 25.2 Å². The van der Waals surface area contributed by atoms with E-state index >= 15 is 0 Å². The van der Waals surface area contributed by atoms with Crippen molar-refractivity contribution in [2.24, 2.45) is 5.92 Å². The number of aromatic nitrogens is 1. The lowest BCUT2D eigenvalue weighted by Gasteiger charge is -2.31. The highest BCUT2D eigenvalue weighted by molar-refractivity contribution is 5.40. The lowest BCUT2D eigenvalue weighted by molar-refractivity contribution is 0.395. The van der Waals surface area contributed by atoms with Crippen molar-refractivity contribution in [2.45, 2.75) is 19.8 Å². The first-order valence-electron chi connectivity index (χ1n) is 5.55. The third kappa shape index (κ3) is 2.41. The monoisotopic (exact) mass is 206 g/mol. The van der Waals surface area contributed by atoms with Gasteiger partial charge in [-0.3, -0.25) is 0 Å². The number of piperidine rings is 1. The Morgan fingerprint density at radius 2 is 2.07 bits per heavy atom. The van der Waals surface area contributed by atoms with Crippen LogP contribution in [0.15, 0.2) is 18.2 Å². The third-order valence-electron chi connectivity index (χ3n) is 3.03. The predicted molar refractivity (Wildman–Crippen MR) is 61.4 cm³/mol. The van der Waals surface area contributed by atoms with Gasteiger partial charge in [0.05, 0.1) is 7.11 Å². The SMILES string of the molecule is COc1cccc(N2CCC(C)CC2)n1. The van der Waals surface area contributed by atoms with Crippen molar-refractivity contribution < 1.29 is 4.74 Å². The second-order valence-electron chi connectivity index (χ2n) is 4.21. The molecule has 0 atom stereocenters. The summed E-state index contributed by atoms with van der Waals surface area (Å²) >= 11 is 0. The quantitative estimate of drug-likeness (QED) is 0.742. The average Bonchev–Trinajstić information content (AvgIpc) is 2.30. The molecule has 0 saturated carbocycles. The highest BCUT2D eigenvalue weighted by Crippen LogP contribution is 2.22. The molecule has 1 fully saturated rings. The summed E-state index contributed by atoms with van der Waals surface area (Å²) in [6, 6.07) is 5.94. The van der Waals surface area contributed by atoms with Crippen molar-refractivity contribution in [3.63, 3.8) is 0 Å². The summed E-state index contributed by atoms with van der Waals surface area (Å²) in [6.07, 6.45) is 2.53. The third-order valence-corrected chi connectivity index (χ3v) is 3.03. The highest BCUT2D eigenvalue weighted by atomic mass is 16.5. The van der Waals surface area contributed by atoms with Crippen LogP contribution >= 0.6 is 0 Å². The molecule has 0 bridgehead atoms. The summed E-state index contributed by atoms with van der Waals surface area (Å²) in [5, 5.41) is 0. The van der Waals surface area contributed by atoms with Gasteiger partial charge in [0.25, 0.3) is 0 Å². The van der Waals surface area contributed by atoms with Gasteiger partial charge in [0.2, 0.25) is 5.88 Å². The normalized spacial score (nSPS) is 17.9. The van der Waals surface area contributed by atoms with Gasteiger partial charge in [-0.05, 0) is 24.8 Å². The minimum absolute atomic E-state index is 0.700. The number of rotatable bonds is 2. The zero-order valence-electron chi connectivity index (χ0n) is 9.44. The first-order valence-corrected chi connectivity index (χ1v) is 5.55. The highest BCUT2D eigenvalue weighted by Gasteiger charge is 2.16. The van der Waals surface area contributed by atoms with E-state index in [1.165, 1.54) is 12.8 Å². The molecular weight excluding hydrogens is 188 g/mol. The molecule has 1 aromatic heterocycles. The summed E-state index contributed by atoms with van der Waals surface area (Å²) in [6.45, 7) is 4.54. The minimum Gasteiger partial charge on any atom is -0.481 e. The van der Waals surface area contributed by atoms with Gasteiger partial charge in [-0.2, -0.15) is 4.98 Å². The van der Waals surface area contributed by atoms with Crippen molar-refractivity contribution in [1.29, 1.82) is 0 Å². The fourth-order valence-corrected chi connectivity index (χ4v) is 1.93. The molecule has 0 radical (unpaired) electrons. The van der Waals surface area contributed by atoms with Crippen molar-refractivity contribution in [3.05, 3.63) is 18.2 Å². The largest absolute Gasteiger partial charge is 0.481 e. The molecule has 0 aromatic carbocycles. The van der Waals surface area contributed by atoms with Crippen LogP contribution in [0, 0.1) is 5.92 Å². The molecule has 2 heterocycles. The summed E-state index contributed by atoms with van der Waals surface area (Å²) in [7, 11) is 1.66. The van der Waals surface area contributed by atoms with Crippen molar-refractivity contribution in [2.75, 3.05) is 25.1 Å². The van der Waals surface area contributed by atoms with Crippen LogP contribution in [0.5, 0.6) is 5.88 Å². The second-order valence-corrected chi connectivity index (χ2v) is 4.21. The van der Waals surface area contributed by atoms with Crippen LogP contribution in [0.3, 0.4) is 0 Å². The molecule has 3 nitrogen and oxygen atoms in total. The Bertz CT molecular complexity index is 319. The molecule has 0 spiro atoms. The van der Waals surface area contributed by atoms with E-state index in [2.05, 4.69) is 22.9 Å². The molecule has 1 aliphatic heterocycles. The first-order chi connectivity index (χ1) is 7.29. The molecule has 1 aliphatic rings. The Morgan fingerprint density at radius 1 is 1.33 bits per heavy atom. The molecule has 3 heteroatoms. The fraction of sp³-hybridized carbons (Fsp3) is 0.583. The van der Waals surface area contributed by atoms with Gasteiger partial charge in [-0.15, -0.1) is 0 Å². The van der Waals surface area contributed by atoms with Gasteiger partial charge in [0.1, 0.15) is 5.82 Å². The summed E-state index contributed by atoms with van der Waals surface area (Å²) < 4.78 is 5.13. The van der Waals surface area contributed by atoms with E-state index in [-0.39, 0.29) is 0 Å². The molecule has 0 unspecified atom stereocenters. The Kier molecular flexibility index (Phi) is 3.09. The summed E-state index contributed by atoms with van der Waals surface area (Å²) in [5.41, 5.74) is 0. The van der Waals surface area contributed by atoms with E-state index < -0.39 is 0 Å². The van der Waals surface area contributed by atoms with Crippen LogP contribution < -0.4 is 9.64 Å². The molecule has 2 rings (SSSR count). The number of hydrogen-bond acceptors (Lipinski definition) is 3. The summed E-state index contributed by atoms with van der Waals surface area (Å²) in [4.78, 5) is 6.78. The fourth-order valence-electron chi connectivity index (χ4n) is 1.93. The number of pyridine rings is 1. The number of nitrogens with zero attached hydrogens (tertiary/aromatic N) is 2. The van der Waals surface area contributed by atoms with Crippen molar-refractivity contribution in [3.8, 4) is 5.88 Å². The predicted octanol–water partition coefficient (Wildman–Crippen LogP) is 2.33. The van der Waals surface area contributed by atoms with E-state index in [1.54, 1.807) is 7.11 Å². The lowest BCUT2D eigenvalue weighted by Crippen LogP contribution is -2.33. The van der Waals surface area contributed by atoms with Crippen LogP contribution in [0.25, 0.3) is 0 Å². The van der Waals surface area contributed by atoms with Crippen LogP contribution in [0.2, 0.25) is 0 Å². The standard InChI is InChI=1S/C12H18N2O/c1-10-6-8-14(9-7-10)11-4-3-5-12(13-11)15-2/h3-5,10H,6-9H2,1-2H3. The zero-order chi connectivity index (χ0) is 10.7. The van der Waals surface area contributed by atoms with Crippen LogP contribution in [0.4, 0.5) is 5.82 Å². The molecule has 82 valence electrons. The van der Waals surface area contributed by atoms with Gasteiger partial charge in [0, 0.05) is 19.2 Å². The van der Waals surface area contributed by atoms with E-state index in [0.29, 0.717) is 5.88 Å². The van der Waals surface area contributed by atoms with Crippen molar-refractivity contribution in [1.82, 2.24) is 4.98 Å². The molecule has 0 N–H and O–H groups in total. The smallest absolute Gasteiger partial charge is 0.214 e. The molecule has 1 aromatic rings. The maximum atomic E-state index is 5.13. The maximum absolute atomic E-state index is 5.13. The van der Waals surface area contributed by atoms with E-state index in [1.807, 2.05) is 12.1 Å². The van der Waals surface area contributed by atoms with Crippen molar-refractivity contribution >= 4 is 5.82 Å². The Morgan fingerprint density at radius 3 is 2.73 bits per heavy atom. The molecule has 1 saturated heterocycles. The van der Waals surface area contributed by atoms with Gasteiger partial charge >= 0.3 is 0 Å². The van der Waals surface area contributed by atoms with Gasteiger partial charge in [0.15, 0.2) is 0 Å². The van der Waals surface area contributed by atoms with Crippen LogP contribution in [-0.2, 0) is 0 Å². The van der Waals surface area contributed by atoms with E-state index in [0.717, 1.165) is 24.8 Å². The topological polar surface area (TPSA) is 25.4 Å². The lowest BCUT2D eigenvalue weighted by atomic mass is 9.99. The average molecular weight is 206 g/mol. The Hall–Kier alpha value is -1.25.